The molecule has 1 saturated carbocycles. The normalized spacial score (nSPS) is 25.6. The molecule has 0 aliphatic heterocycles. The highest BCUT2D eigenvalue weighted by Crippen LogP contribution is 2.33. The Labute approximate surface area is 129 Å². The maximum atomic E-state index is 6.35. The molecule has 2 rings (SSSR count). The van der Waals surface area contributed by atoms with E-state index in [1.165, 1.54) is 19.3 Å². The summed E-state index contributed by atoms with van der Waals surface area (Å²) in [5.74, 6) is 2.52. The molecule has 0 saturated heterocycles. The minimum absolute atomic E-state index is 0.241. The Morgan fingerprint density at radius 2 is 1.86 bits per heavy atom. The molecule has 0 bridgehead atoms. The third kappa shape index (κ3) is 4.37. The predicted octanol–water partition coefficient (Wildman–Crippen LogP) is 4.02. The first-order valence-electron chi connectivity index (χ1n) is 8.40. The second kappa shape index (κ2) is 8.28. The number of hydrogen-bond donors (Lipinski definition) is 1. The van der Waals surface area contributed by atoms with Gasteiger partial charge >= 0.3 is 0 Å². The lowest BCUT2D eigenvalue weighted by Crippen LogP contribution is -2.47. The van der Waals surface area contributed by atoms with E-state index in [1.54, 1.807) is 0 Å². The number of rotatable bonds is 7. The van der Waals surface area contributed by atoms with E-state index >= 15 is 0 Å². The van der Waals surface area contributed by atoms with Crippen LogP contribution >= 0.6 is 0 Å². The van der Waals surface area contributed by atoms with Crippen LogP contribution in [0.3, 0.4) is 0 Å². The standard InChI is InChI=1S/C18H29NO2/c1-4-14-11-12-15(19-5-2)18(13-14)21-17-10-8-7-9-16(17)20-6-3/h7-10,14-15,18-19H,4-6,11-13H2,1-3H3. The van der Waals surface area contributed by atoms with Crippen molar-refractivity contribution in [3.8, 4) is 11.5 Å². The van der Waals surface area contributed by atoms with Gasteiger partial charge in [0.2, 0.25) is 0 Å². The number of ether oxygens (including phenoxy) is 2. The highest BCUT2D eigenvalue weighted by Gasteiger charge is 2.31. The monoisotopic (exact) mass is 291 g/mol. The number of nitrogens with one attached hydrogen (secondary N) is 1. The van der Waals surface area contributed by atoms with Gasteiger partial charge in [-0.1, -0.05) is 32.4 Å². The molecule has 3 heteroatoms. The number of likely N-dealkylation sites (N-methyl/N-ethyl adjacent to an activating group) is 1. The lowest BCUT2D eigenvalue weighted by molar-refractivity contribution is 0.0822. The maximum Gasteiger partial charge on any atom is 0.161 e. The molecule has 0 spiro atoms. The van der Waals surface area contributed by atoms with Crippen LogP contribution in [0.15, 0.2) is 24.3 Å². The molecule has 0 aromatic heterocycles. The lowest BCUT2D eigenvalue weighted by atomic mass is 9.82. The van der Waals surface area contributed by atoms with E-state index in [-0.39, 0.29) is 6.10 Å². The molecule has 0 heterocycles. The zero-order valence-corrected chi connectivity index (χ0v) is 13.6. The Kier molecular flexibility index (Phi) is 6.37. The van der Waals surface area contributed by atoms with E-state index in [1.807, 2.05) is 31.2 Å². The van der Waals surface area contributed by atoms with Gasteiger partial charge in [0.25, 0.3) is 0 Å². The van der Waals surface area contributed by atoms with Crippen LogP contribution in [0.1, 0.15) is 46.5 Å². The molecule has 3 unspecified atom stereocenters. The van der Waals surface area contributed by atoms with Crippen molar-refractivity contribution in [2.45, 2.75) is 58.6 Å². The quantitative estimate of drug-likeness (QED) is 0.823. The fourth-order valence-electron chi connectivity index (χ4n) is 3.19. The van der Waals surface area contributed by atoms with Crippen LogP contribution in [0.2, 0.25) is 0 Å². The Bertz CT molecular complexity index is 421. The van der Waals surface area contributed by atoms with Crippen molar-refractivity contribution in [2.24, 2.45) is 5.92 Å². The van der Waals surface area contributed by atoms with Crippen molar-refractivity contribution < 1.29 is 9.47 Å². The van der Waals surface area contributed by atoms with Gasteiger partial charge in [-0.3, -0.25) is 0 Å². The second-order valence-corrected chi connectivity index (χ2v) is 5.79. The Balaban J connectivity index is 2.09. The van der Waals surface area contributed by atoms with Gasteiger partial charge in [0.1, 0.15) is 6.10 Å². The molecule has 3 nitrogen and oxygen atoms in total. The van der Waals surface area contributed by atoms with Gasteiger partial charge in [0, 0.05) is 6.04 Å². The fraction of sp³-hybridized carbons (Fsp3) is 0.667. The van der Waals surface area contributed by atoms with Gasteiger partial charge < -0.3 is 14.8 Å². The fourth-order valence-corrected chi connectivity index (χ4v) is 3.19. The van der Waals surface area contributed by atoms with Crippen molar-refractivity contribution in [1.82, 2.24) is 5.32 Å². The predicted molar refractivity (Wildman–Crippen MR) is 87.1 cm³/mol. The molecule has 21 heavy (non-hydrogen) atoms. The van der Waals surface area contributed by atoms with Crippen LogP contribution in [0, 0.1) is 5.92 Å². The minimum Gasteiger partial charge on any atom is -0.490 e. The third-order valence-electron chi connectivity index (χ3n) is 4.37. The molecule has 1 N–H and O–H groups in total. The van der Waals surface area contributed by atoms with E-state index in [2.05, 4.69) is 19.2 Å². The summed E-state index contributed by atoms with van der Waals surface area (Å²) in [7, 11) is 0. The van der Waals surface area contributed by atoms with Gasteiger partial charge in [-0.2, -0.15) is 0 Å². The average Bonchev–Trinajstić information content (AvgIpc) is 2.51. The second-order valence-electron chi connectivity index (χ2n) is 5.79. The smallest absolute Gasteiger partial charge is 0.161 e. The SMILES string of the molecule is CCNC1CCC(CC)CC1Oc1ccccc1OCC. The summed E-state index contributed by atoms with van der Waals surface area (Å²) in [6.45, 7) is 8.11. The largest absolute Gasteiger partial charge is 0.490 e. The van der Waals surface area contributed by atoms with Crippen LogP contribution in [-0.2, 0) is 0 Å². The van der Waals surface area contributed by atoms with Gasteiger partial charge in [-0.25, -0.2) is 0 Å². The van der Waals surface area contributed by atoms with Crippen LogP contribution in [0.5, 0.6) is 11.5 Å². The number of benzene rings is 1. The summed E-state index contributed by atoms with van der Waals surface area (Å²) in [5.41, 5.74) is 0. The van der Waals surface area contributed by atoms with Crippen LogP contribution < -0.4 is 14.8 Å². The first-order chi connectivity index (χ1) is 10.3. The van der Waals surface area contributed by atoms with Crippen LogP contribution in [0.25, 0.3) is 0 Å². The number of para-hydroxylation sites is 2. The molecule has 1 aliphatic carbocycles. The molecular weight excluding hydrogens is 262 g/mol. The van der Waals surface area contributed by atoms with E-state index < -0.39 is 0 Å². The average molecular weight is 291 g/mol. The van der Waals surface area contributed by atoms with E-state index in [9.17, 15) is 0 Å². The summed E-state index contributed by atoms with van der Waals surface area (Å²) < 4.78 is 12.0. The van der Waals surface area contributed by atoms with Crippen molar-refractivity contribution in [2.75, 3.05) is 13.2 Å². The van der Waals surface area contributed by atoms with Crippen LogP contribution in [-0.4, -0.2) is 25.3 Å². The minimum atomic E-state index is 0.241. The highest BCUT2D eigenvalue weighted by atomic mass is 16.5. The third-order valence-corrected chi connectivity index (χ3v) is 4.37. The van der Waals surface area contributed by atoms with Gasteiger partial charge in [0.05, 0.1) is 6.61 Å². The number of hydrogen-bond acceptors (Lipinski definition) is 3. The molecule has 1 aliphatic rings. The topological polar surface area (TPSA) is 30.5 Å². The molecule has 118 valence electrons. The van der Waals surface area contributed by atoms with E-state index in [0.29, 0.717) is 12.6 Å². The van der Waals surface area contributed by atoms with E-state index in [0.717, 1.165) is 30.4 Å². The van der Waals surface area contributed by atoms with Crippen molar-refractivity contribution >= 4 is 0 Å². The Hall–Kier alpha value is -1.22. The molecule has 1 aromatic rings. The molecule has 0 radical (unpaired) electrons. The van der Waals surface area contributed by atoms with Gasteiger partial charge in [0.15, 0.2) is 11.5 Å². The van der Waals surface area contributed by atoms with Crippen molar-refractivity contribution in [3.05, 3.63) is 24.3 Å². The summed E-state index contributed by atoms with van der Waals surface area (Å²) >= 11 is 0. The van der Waals surface area contributed by atoms with Gasteiger partial charge in [-0.15, -0.1) is 0 Å². The molecule has 1 aromatic carbocycles. The Morgan fingerprint density at radius 1 is 1.10 bits per heavy atom. The molecule has 1 fully saturated rings. The summed E-state index contributed by atoms with van der Waals surface area (Å²) in [6.07, 6.45) is 5.13. The zero-order valence-electron chi connectivity index (χ0n) is 13.6. The molecule has 3 atom stereocenters. The summed E-state index contributed by atoms with van der Waals surface area (Å²) in [6, 6.07) is 8.47. The first-order valence-corrected chi connectivity index (χ1v) is 8.40. The Morgan fingerprint density at radius 3 is 2.52 bits per heavy atom. The van der Waals surface area contributed by atoms with E-state index in [4.69, 9.17) is 9.47 Å². The summed E-state index contributed by atoms with van der Waals surface area (Å²) in [5, 5.41) is 3.59. The lowest BCUT2D eigenvalue weighted by Gasteiger charge is -2.36. The summed E-state index contributed by atoms with van der Waals surface area (Å²) in [4.78, 5) is 0. The van der Waals surface area contributed by atoms with Crippen molar-refractivity contribution in [3.63, 3.8) is 0 Å². The van der Waals surface area contributed by atoms with Gasteiger partial charge in [-0.05, 0) is 50.8 Å². The highest BCUT2D eigenvalue weighted by molar-refractivity contribution is 5.39. The first kappa shape index (κ1) is 16.2. The zero-order chi connectivity index (χ0) is 15.1. The molecular formula is C18H29NO2. The maximum absolute atomic E-state index is 6.35. The van der Waals surface area contributed by atoms with Crippen LogP contribution in [0.4, 0.5) is 0 Å². The van der Waals surface area contributed by atoms with Crippen molar-refractivity contribution in [1.29, 1.82) is 0 Å². The molecule has 0 amide bonds.